The molecule has 0 aliphatic heterocycles. The van der Waals surface area contributed by atoms with E-state index in [9.17, 15) is 5.11 Å². The minimum Gasteiger partial charge on any atom is -0.507 e. The number of aromatic hydroxyl groups is 1. The first-order chi connectivity index (χ1) is 13.4. The Hall–Kier alpha value is -1.74. The number of benzene rings is 2. The monoisotopic (exact) mass is 426 g/mol. The van der Waals surface area contributed by atoms with Crippen LogP contribution in [0.15, 0.2) is 30.3 Å². The Morgan fingerprint density at radius 2 is 1.27 bits per heavy atom. The van der Waals surface area contributed by atoms with Gasteiger partial charge in [-0.2, -0.15) is 0 Å². The van der Waals surface area contributed by atoms with E-state index < -0.39 is 8.07 Å². The maximum Gasteiger partial charge on any atom is 0.126 e. The zero-order chi connectivity index (χ0) is 23.3. The number of hydrogen-bond donors (Lipinski definition) is 1. The van der Waals surface area contributed by atoms with Crippen LogP contribution in [0.1, 0.15) is 79.0 Å². The predicted octanol–water partition coefficient (Wildman–Crippen LogP) is 6.12. The first-order valence-corrected chi connectivity index (χ1v) is 14.0. The summed E-state index contributed by atoms with van der Waals surface area (Å²) < 4.78 is 6.01. The van der Waals surface area contributed by atoms with Crippen molar-refractivity contribution in [2.75, 3.05) is 7.11 Å². The van der Waals surface area contributed by atoms with Crippen LogP contribution in [0, 0.1) is 0 Å². The van der Waals surface area contributed by atoms with E-state index in [-0.39, 0.29) is 16.2 Å². The fourth-order valence-corrected chi connectivity index (χ4v) is 6.75. The van der Waals surface area contributed by atoms with Gasteiger partial charge < -0.3 is 9.84 Å². The molecule has 0 radical (unpaired) electrons. The lowest BCUT2D eigenvalue weighted by atomic mass is 9.79. The van der Waals surface area contributed by atoms with Crippen molar-refractivity contribution in [3.8, 4) is 11.5 Å². The van der Waals surface area contributed by atoms with E-state index in [1.54, 1.807) is 7.11 Å². The normalized spacial score (nSPS) is 13.5. The van der Waals surface area contributed by atoms with Gasteiger partial charge in [-0.25, -0.2) is 0 Å². The van der Waals surface area contributed by atoms with Crippen molar-refractivity contribution in [1.29, 1.82) is 0 Å². The smallest absolute Gasteiger partial charge is 0.126 e. The summed E-state index contributed by atoms with van der Waals surface area (Å²) in [6, 6.07) is 11.4. The molecule has 1 N–H and O–H groups in total. The average Bonchev–Trinajstić information content (AvgIpc) is 2.58. The van der Waals surface area contributed by atoms with Crippen molar-refractivity contribution in [2.24, 2.45) is 0 Å². The van der Waals surface area contributed by atoms with Gasteiger partial charge in [-0.15, -0.1) is 0 Å². The Morgan fingerprint density at radius 1 is 0.767 bits per heavy atom. The second-order valence-electron chi connectivity index (χ2n) is 12.2. The highest BCUT2D eigenvalue weighted by atomic mass is 28.3. The number of rotatable bonds is 3. The van der Waals surface area contributed by atoms with Crippen LogP contribution in [0.25, 0.3) is 0 Å². The van der Waals surface area contributed by atoms with E-state index in [1.165, 1.54) is 15.9 Å². The van der Waals surface area contributed by atoms with E-state index in [1.807, 2.05) is 0 Å². The van der Waals surface area contributed by atoms with Gasteiger partial charge in [0.25, 0.3) is 0 Å². The molecule has 2 rings (SSSR count). The van der Waals surface area contributed by atoms with E-state index in [2.05, 4.69) is 106 Å². The number of methoxy groups -OCH3 is 1. The molecule has 2 nitrogen and oxygen atoms in total. The summed E-state index contributed by atoms with van der Waals surface area (Å²) in [7, 11) is -0.349. The molecule has 0 spiro atoms. The lowest BCUT2D eigenvalue weighted by Gasteiger charge is -2.34. The second kappa shape index (κ2) is 7.75. The van der Waals surface area contributed by atoms with Gasteiger partial charge in [0.2, 0.25) is 0 Å². The first kappa shape index (κ1) is 24.5. The molecule has 0 amide bonds. The Kier molecular flexibility index (Phi) is 6.33. The lowest BCUT2D eigenvalue weighted by Crippen LogP contribution is -2.54. The third kappa shape index (κ3) is 4.61. The Morgan fingerprint density at radius 3 is 1.63 bits per heavy atom. The van der Waals surface area contributed by atoms with Crippen LogP contribution in [-0.4, -0.2) is 20.3 Å². The maximum atomic E-state index is 11.3. The SMILES string of the molecule is COc1c([Si](C)(C)c2ccc(C(C)(C)C)cc2)cc(C(C)(C)C)c(O)c1C(C)(C)C. The zero-order valence-electron chi connectivity index (χ0n) is 21.2. The van der Waals surface area contributed by atoms with Gasteiger partial charge in [-0.05, 0) is 32.6 Å². The third-order valence-corrected chi connectivity index (χ3v) is 9.66. The van der Waals surface area contributed by atoms with E-state index in [0.717, 1.165) is 16.9 Å². The molecule has 30 heavy (non-hydrogen) atoms. The molecule has 0 fully saturated rings. The number of ether oxygens (including phenoxy) is 1. The largest absolute Gasteiger partial charge is 0.507 e. The molecule has 2 aromatic carbocycles. The van der Waals surface area contributed by atoms with Crippen molar-refractivity contribution in [2.45, 2.75) is 91.7 Å². The fourth-order valence-electron chi connectivity index (χ4n) is 4.14. The molecule has 0 saturated carbocycles. The number of hydrogen-bond acceptors (Lipinski definition) is 2. The lowest BCUT2D eigenvalue weighted by molar-refractivity contribution is 0.377. The van der Waals surface area contributed by atoms with Crippen LogP contribution in [0.5, 0.6) is 11.5 Å². The molecule has 0 aromatic heterocycles. The highest BCUT2D eigenvalue weighted by Crippen LogP contribution is 2.44. The van der Waals surface area contributed by atoms with E-state index >= 15 is 0 Å². The number of phenolic OH excluding ortho intramolecular Hbond substituents is 1. The van der Waals surface area contributed by atoms with Crippen LogP contribution in [0.2, 0.25) is 13.1 Å². The minimum absolute atomic E-state index is 0.138. The van der Waals surface area contributed by atoms with Gasteiger partial charge in [-0.3, -0.25) is 0 Å². The summed E-state index contributed by atoms with van der Waals surface area (Å²) in [5, 5.41) is 13.9. The van der Waals surface area contributed by atoms with Crippen LogP contribution in [0.3, 0.4) is 0 Å². The summed E-state index contributed by atoms with van der Waals surface area (Å²) in [4.78, 5) is 0. The first-order valence-electron chi connectivity index (χ1n) is 11.0. The highest BCUT2D eigenvalue weighted by molar-refractivity contribution is 7.01. The molecule has 3 heteroatoms. The van der Waals surface area contributed by atoms with Crippen molar-refractivity contribution < 1.29 is 9.84 Å². The quantitative estimate of drug-likeness (QED) is 0.599. The van der Waals surface area contributed by atoms with Gasteiger partial charge >= 0.3 is 0 Å². The molecule has 0 bridgehead atoms. The molecule has 0 atom stereocenters. The summed E-state index contributed by atoms with van der Waals surface area (Å²) in [6.45, 7) is 24.4. The highest BCUT2D eigenvalue weighted by Gasteiger charge is 2.37. The summed E-state index contributed by atoms with van der Waals surface area (Å²) >= 11 is 0. The van der Waals surface area contributed by atoms with Crippen molar-refractivity contribution in [3.63, 3.8) is 0 Å². The zero-order valence-corrected chi connectivity index (χ0v) is 22.2. The molecular weight excluding hydrogens is 384 g/mol. The number of phenols is 1. The van der Waals surface area contributed by atoms with Crippen LogP contribution < -0.4 is 15.1 Å². The molecule has 0 saturated heterocycles. The van der Waals surface area contributed by atoms with Crippen molar-refractivity contribution >= 4 is 18.4 Å². The maximum absolute atomic E-state index is 11.3. The standard InChI is InChI=1S/C27H42O2Si/c1-25(2,3)18-13-15-19(16-14-18)30(11,12)21-17-20(26(4,5)6)23(28)22(24(21)29-10)27(7,8)9/h13-17,28H,1-12H3. The van der Waals surface area contributed by atoms with Gasteiger partial charge in [0.15, 0.2) is 0 Å². The van der Waals surface area contributed by atoms with Gasteiger partial charge in [-0.1, -0.05) is 111 Å². The third-order valence-electron chi connectivity index (χ3n) is 6.16. The molecule has 0 unspecified atom stereocenters. The van der Waals surface area contributed by atoms with Crippen LogP contribution >= 0.6 is 0 Å². The molecule has 2 aromatic rings. The Labute approximate surface area is 185 Å². The molecule has 0 aliphatic carbocycles. The Bertz CT molecular complexity index is 902. The second-order valence-corrected chi connectivity index (χ2v) is 16.5. The van der Waals surface area contributed by atoms with Gasteiger partial charge in [0.1, 0.15) is 19.6 Å². The molecule has 0 heterocycles. The minimum atomic E-state index is -2.08. The summed E-state index contributed by atoms with van der Waals surface area (Å²) in [5.41, 5.74) is 3.01. The van der Waals surface area contributed by atoms with E-state index in [0.29, 0.717) is 5.75 Å². The van der Waals surface area contributed by atoms with Crippen molar-refractivity contribution in [1.82, 2.24) is 0 Å². The Balaban J connectivity index is 2.84. The molecule has 166 valence electrons. The van der Waals surface area contributed by atoms with Gasteiger partial charge in [0.05, 0.1) is 7.11 Å². The topological polar surface area (TPSA) is 29.5 Å². The predicted molar refractivity (Wildman–Crippen MR) is 134 cm³/mol. The van der Waals surface area contributed by atoms with E-state index in [4.69, 9.17) is 4.74 Å². The molecular formula is C27H42O2Si. The average molecular weight is 427 g/mol. The molecule has 0 aliphatic rings. The van der Waals surface area contributed by atoms with Crippen LogP contribution in [-0.2, 0) is 16.2 Å². The fraction of sp³-hybridized carbons (Fsp3) is 0.556. The van der Waals surface area contributed by atoms with Crippen LogP contribution in [0.4, 0.5) is 0 Å². The summed E-state index contributed by atoms with van der Waals surface area (Å²) in [5.74, 6) is 1.23. The van der Waals surface area contributed by atoms with Gasteiger partial charge in [0, 0.05) is 5.56 Å². The summed E-state index contributed by atoms with van der Waals surface area (Å²) in [6.07, 6.45) is 0. The van der Waals surface area contributed by atoms with Crippen molar-refractivity contribution in [3.05, 3.63) is 47.0 Å².